The van der Waals surface area contributed by atoms with E-state index < -0.39 is 38.7 Å². The van der Waals surface area contributed by atoms with Crippen molar-refractivity contribution in [1.29, 1.82) is 5.41 Å². The molecule has 0 bridgehead atoms. The molecule has 1 N–H and O–H groups in total. The summed E-state index contributed by atoms with van der Waals surface area (Å²) in [5.74, 6) is -1.27. The Balaban J connectivity index is 1.40. The molecule has 12 heteroatoms. The van der Waals surface area contributed by atoms with Crippen LogP contribution in [-0.2, 0) is 35.3 Å². The van der Waals surface area contributed by atoms with Gasteiger partial charge in [-0.3, -0.25) is 14.5 Å². The van der Waals surface area contributed by atoms with Gasteiger partial charge >= 0.3 is 5.97 Å². The number of nitrogens with zero attached hydrogens (tertiary/aromatic N) is 3. The monoisotopic (exact) mass is 761 g/mol. The van der Waals surface area contributed by atoms with Gasteiger partial charge in [0.1, 0.15) is 23.4 Å². The van der Waals surface area contributed by atoms with E-state index in [-0.39, 0.29) is 11.4 Å². The molecule has 0 aromatic heterocycles. The van der Waals surface area contributed by atoms with Crippen LogP contribution in [0.5, 0.6) is 0 Å². The minimum atomic E-state index is -4.72. The van der Waals surface area contributed by atoms with E-state index in [1.165, 1.54) is 31.4 Å². The zero-order chi connectivity index (χ0) is 39.9. The lowest BCUT2D eigenvalue weighted by Crippen LogP contribution is -2.34. The minimum Gasteiger partial charge on any atom is -0.744 e. The van der Waals surface area contributed by atoms with E-state index in [0.717, 1.165) is 50.8 Å². The molecular formula is C43H45N4O7S+. The summed E-state index contributed by atoms with van der Waals surface area (Å²) in [6.07, 6.45) is 9.18. The molecule has 0 atom stereocenters. The number of methoxy groups -OCH3 is 1. The second kappa shape index (κ2) is 14.9. The van der Waals surface area contributed by atoms with Crippen molar-refractivity contribution in [3.05, 3.63) is 119 Å². The number of benzene rings is 3. The fraction of sp³-hybridized carbons (Fsp3) is 0.302. The van der Waals surface area contributed by atoms with E-state index >= 15 is 0 Å². The first kappa shape index (κ1) is 39.1. The molecule has 284 valence electrons. The van der Waals surface area contributed by atoms with Crippen LogP contribution in [0.25, 0.3) is 5.57 Å². The number of para-hydroxylation sites is 1. The molecule has 3 aliphatic rings. The van der Waals surface area contributed by atoms with E-state index in [1.807, 2.05) is 48.8 Å². The molecule has 55 heavy (non-hydrogen) atoms. The summed E-state index contributed by atoms with van der Waals surface area (Å²) in [7, 11) is -3.38. The third-order valence-corrected chi connectivity index (χ3v) is 11.6. The van der Waals surface area contributed by atoms with Crippen LogP contribution in [0.15, 0.2) is 102 Å². The second-order valence-corrected chi connectivity index (χ2v) is 16.5. The number of ether oxygens (including phenoxy) is 1. The summed E-state index contributed by atoms with van der Waals surface area (Å²) in [4.78, 5) is 37.0. The summed E-state index contributed by atoms with van der Waals surface area (Å²) in [5, 5.41) is 8.36. The van der Waals surface area contributed by atoms with Gasteiger partial charge in [0.05, 0.1) is 34.9 Å². The SMILES string of the molecule is C=[N+]1C(=CC(=CC2=[N+](CCCCCC(=N)CN3C(=O)C=CC3=O)c3ccc(S(=O)(=O)[O-])cc3C2(C)C)c2ccc(C(=O)OC)cc2)C(C)(C)c2ccccc21. The first-order valence-electron chi connectivity index (χ1n) is 18.1. The van der Waals surface area contributed by atoms with Gasteiger partial charge in [0.25, 0.3) is 11.8 Å². The summed E-state index contributed by atoms with van der Waals surface area (Å²) in [6.45, 7) is 13.2. The van der Waals surface area contributed by atoms with Crippen LogP contribution in [0.1, 0.15) is 80.4 Å². The lowest BCUT2D eigenvalue weighted by molar-refractivity contribution is -0.438. The van der Waals surface area contributed by atoms with Gasteiger partial charge in [-0.25, -0.2) is 13.2 Å². The number of imide groups is 1. The first-order chi connectivity index (χ1) is 25.9. The van der Waals surface area contributed by atoms with Crippen LogP contribution in [0.2, 0.25) is 0 Å². The molecule has 3 heterocycles. The summed E-state index contributed by atoms with van der Waals surface area (Å²) in [6, 6.07) is 19.8. The average molecular weight is 762 g/mol. The molecule has 2 amide bonds. The Kier molecular flexibility index (Phi) is 10.6. The van der Waals surface area contributed by atoms with Crippen molar-refractivity contribution in [3.63, 3.8) is 0 Å². The maximum absolute atomic E-state index is 12.4. The maximum atomic E-state index is 12.4. The van der Waals surface area contributed by atoms with Crippen molar-refractivity contribution in [2.75, 3.05) is 20.2 Å². The predicted octanol–water partition coefficient (Wildman–Crippen LogP) is 6.56. The quantitative estimate of drug-likeness (QED) is 0.0518. The van der Waals surface area contributed by atoms with Gasteiger partial charge in [0.2, 0.25) is 11.4 Å². The minimum absolute atomic E-state index is 0.0302. The smallest absolute Gasteiger partial charge is 0.337 e. The molecule has 0 radical (unpaired) electrons. The largest absolute Gasteiger partial charge is 0.744 e. The van der Waals surface area contributed by atoms with Gasteiger partial charge in [0.15, 0.2) is 11.4 Å². The highest BCUT2D eigenvalue weighted by Crippen LogP contribution is 2.47. The number of carbonyl (C=O) groups excluding carboxylic acids is 3. The number of allylic oxidation sites excluding steroid dienone is 4. The molecule has 3 aliphatic heterocycles. The van der Waals surface area contributed by atoms with E-state index in [4.69, 9.17) is 10.1 Å². The fourth-order valence-electron chi connectivity index (χ4n) is 7.67. The van der Waals surface area contributed by atoms with Crippen LogP contribution in [-0.4, -0.2) is 83.1 Å². The number of nitrogens with one attached hydrogen (secondary N) is 1. The molecule has 0 unspecified atom stereocenters. The number of unbranched alkanes of at least 4 members (excludes halogenated alkanes) is 2. The molecular weight excluding hydrogens is 717 g/mol. The summed E-state index contributed by atoms with van der Waals surface area (Å²) >= 11 is 0. The molecule has 0 saturated carbocycles. The third kappa shape index (κ3) is 7.56. The Labute approximate surface area is 321 Å². The van der Waals surface area contributed by atoms with Gasteiger partial charge in [-0.05, 0) is 82.4 Å². The summed E-state index contributed by atoms with van der Waals surface area (Å²) < 4.78 is 45.6. The van der Waals surface area contributed by atoms with Crippen molar-refractivity contribution < 1.29 is 41.2 Å². The molecule has 0 fully saturated rings. The van der Waals surface area contributed by atoms with Gasteiger partial charge in [-0.1, -0.05) is 30.3 Å². The standard InChI is InChI=1S/C43H45N4O7S/c1-42(2)33-13-9-10-14-35(33)45(5)37(42)24-30(28-15-17-29(18-16-28)41(50)54-6)25-38-43(3,4)34-26-32(55(51,52)53)19-20-36(34)46(38)23-11-7-8-12-31(44)27-47-39(48)21-22-40(47)49/h9-10,13-22,24-26,44H,5,7-8,11-12,23,27H2,1-4,6H3/q+1. The highest BCUT2D eigenvalue weighted by Gasteiger charge is 2.47. The maximum Gasteiger partial charge on any atom is 0.337 e. The van der Waals surface area contributed by atoms with E-state index in [1.54, 1.807) is 18.2 Å². The van der Waals surface area contributed by atoms with Crippen molar-refractivity contribution in [3.8, 4) is 0 Å². The van der Waals surface area contributed by atoms with Crippen LogP contribution in [0.4, 0.5) is 11.4 Å². The number of hydrogen-bond donors (Lipinski definition) is 1. The molecule has 0 spiro atoms. The van der Waals surface area contributed by atoms with Crippen LogP contribution < -0.4 is 0 Å². The highest BCUT2D eigenvalue weighted by molar-refractivity contribution is 7.85. The normalized spacial score (nSPS) is 18.0. The van der Waals surface area contributed by atoms with Crippen LogP contribution in [0.3, 0.4) is 0 Å². The number of esters is 1. The zero-order valence-corrected chi connectivity index (χ0v) is 32.5. The Morgan fingerprint density at radius 3 is 2.18 bits per heavy atom. The molecule has 6 rings (SSSR count). The number of rotatable bonds is 13. The lowest BCUT2D eigenvalue weighted by atomic mass is 9.79. The average Bonchev–Trinajstić information content (AvgIpc) is 3.65. The molecule has 3 aromatic carbocycles. The third-order valence-electron chi connectivity index (χ3n) is 10.8. The molecule has 3 aromatic rings. The Hall–Kier alpha value is -5.59. The Bertz CT molecular complexity index is 2360. The highest BCUT2D eigenvalue weighted by atomic mass is 32.2. The fourth-order valence-corrected chi connectivity index (χ4v) is 8.17. The second-order valence-electron chi connectivity index (χ2n) is 15.1. The number of fused-ring (bicyclic) bond motifs is 2. The van der Waals surface area contributed by atoms with Gasteiger partial charge in [-0.15, -0.1) is 0 Å². The van der Waals surface area contributed by atoms with E-state index in [0.29, 0.717) is 42.6 Å². The molecule has 11 nitrogen and oxygen atoms in total. The van der Waals surface area contributed by atoms with Gasteiger partial charge in [0, 0.05) is 59.7 Å². The zero-order valence-electron chi connectivity index (χ0n) is 31.7. The lowest BCUT2D eigenvalue weighted by Gasteiger charge is -2.18. The van der Waals surface area contributed by atoms with Crippen LogP contribution in [0, 0.1) is 5.41 Å². The van der Waals surface area contributed by atoms with E-state index in [9.17, 15) is 27.4 Å². The first-order valence-corrected chi connectivity index (χ1v) is 19.5. The van der Waals surface area contributed by atoms with E-state index in [2.05, 4.69) is 43.4 Å². The number of hydrogen-bond acceptors (Lipinski definition) is 8. The van der Waals surface area contributed by atoms with Crippen molar-refractivity contribution in [2.45, 2.75) is 69.1 Å². The molecule has 0 aliphatic carbocycles. The Morgan fingerprint density at radius 2 is 1.55 bits per heavy atom. The topological polar surface area (TPSA) is 151 Å². The molecule has 0 saturated heterocycles. The predicted molar refractivity (Wildman–Crippen MR) is 210 cm³/mol. The van der Waals surface area contributed by atoms with Crippen LogP contribution >= 0.6 is 0 Å². The van der Waals surface area contributed by atoms with Gasteiger partial charge < -0.3 is 14.7 Å². The van der Waals surface area contributed by atoms with Crippen molar-refractivity contribution >= 4 is 63.0 Å². The number of amides is 2. The van der Waals surface area contributed by atoms with Gasteiger partial charge in [-0.2, -0.15) is 9.15 Å². The number of carbonyl (C=O) groups is 3. The van der Waals surface area contributed by atoms with Crippen molar-refractivity contribution in [2.24, 2.45) is 0 Å². The summed E-state index contributed by atoms with van der Waals surface area (Å²) in [5.41, 5.74) is 6.66. The Morgan fingerprint density at radius 1 is 0.891 bits per heavy atom. The van der Waals surface area contributed by atoms with Crippen molar-refractivity contribution in [1.82, 2.24) is 4.90 Å².